The van der Waals surface area contributed by atoms with E-state index in [4.69, 9.17) is 5.26 Å². The first-order valence-electron chi connectivity index (χ1n) is 4.72. The summed E-state index contributed by atoms with van der Waals surface area (Å²) in [6, 6.07) is 11.6. The fourth-order valence-corrected chi connectivity index (χ4v) is 1.17. The first-order valence-corrected chi connectivity index (χ1v) is 4.72. The van der Waals surface area contributed by atoms with E-state index < -0.39 is 0 Å². The zero-order chi connectivity index (χ0) is 11.2. The predicted molar refractivity (Wildman–Crippen MR) is 58.1 cm³/mol. The van der Waals surface area contributed by atoms with Gasteiger partial charge in [0.1, 0.15) is 18.9 Å². The topological polar surface area (TPSA) is 54.5 Å². The van der Waals surface area contributed by atoms with Gasteiger partial charge in [-0.05, 0) is 12.1 Å². The van der Waals surface area contributed by atoms with E-state index in [9.17, 15) is 0 Å². The monoisotopic (exact) mass is 208 g/mol. The van der Waals surface area contributed by atoms with Crippen LogP contribution >= 0.6 is 0 Å². The van der Waals surface area contributed by atoms with Crippen molar-refractivity contribution in [3.63, 3.8) is 0 Å². The minimum Gasteiger partial charge on any atom is -0.240 e. The quantitative estimate of drug-likeness (QED) is 0.662. The summed E-state index contributed by atoms with van der Waals surface area (Å²) in [5.41, 5.74) is 0.961. The molecule has 1 heterocycles. The molecule has 0 saturated carbocycles. The SMILES string of the molecule is N#Cc1ncn(CC#Cc2ccccc2)n1. The van der Waals surface area contributed by atoms with Gasteiger partial charge in [0.15, 0.2) is 0 Å². The molecule has 0 amide bonds. The molecule has 0 aliphatic heterocycles. The summed E-state index contributed by atoms with van der Waals surface area (Å²) in [6.07, 6.45) is 1.50. The molecule has 2 rings (SSSR count). The summed E-state index contributed by atoms with van der Waals surface area (Å²) in [5, 5.41) is 12.4. The Balaban J connectivity index is 2.03. The van der Waals surface area contributed by atoms with Crippen LogP contribution in [0, 0.1) is 23.2 Å². The van der Waals surface area contributed by atoms with Crippen LogP contribution in [0.4, 0.5) is 0 Å². The van der Waals surface area contributed by atoms with E-state index >= 15 is 0 Å². The molecular formula is C12H8N4. The molecule has 0 radical (unpaired) electrons. The highest BCUT2D eigenvalue weighted by Crippen LogP contribution is 1.94. The lowest BCUT2D eigenvalue weighted by Gasteiger charge is -1.89. The van der Waals surface area contributed by atoms with Crippen molar-refractivity contribution in [2.24, 2.45) is 0 Å². The van der Waals surface area contributed by atoms with E-state index in [1.165, 1.54) is 11.0 Å². The van der Waals surface area contributed by atoms with Crippen LogP contribution in [0.3, 0.4) is 0 Å². The maximum absolute atomic E-state index is 8.53. The summed E-state index contributed by atoms with van der Waals surface area (Å²) in [4.78, 5) is 3.78. The summed E-state index contributed by atoms with van der Waals surface area (Å²) in [6.45, 7) is 0.434. The van der Waals surface area contributed by atoms with Crippen molar-refractivity contribution in [1.82, 2.24) is 14.8 Å². The van der Waals surface area contributed by atoms with Crippen molar-refractivity contribution in [1.29, 1.82) is 5.26 Å². The molecule has 4 nitrogen and oxygen atoms in total. The predicted octanol–water partition coefficient (Wildman–Crippen LogP) is 1.20. The molecule has 1 aromatic carbocycles. The van der Waals surface area contributed by atoms with Crippen LogP contribution in [0.2, 0.25) is 0 Å². The van der Waals surface area contributed by atoms with Crippen LogP contribution in [0.5, 0.6) is 0 Å². The largest absolute Gasteiger partial charge is 0.252 e. The highest BCUT2D eigenvalue weighted by atomic mass is 15.3. The fourth-order valence-electron chi connectivity index (χ4n) is 1.17. The third-order valence-corrected chi connectivity index (χ3v) is 1.88. The molecule has 76 valence electrons. The van der Waals surface area contributed by atoms with Crippen LogP contribution in [-0.4, -0.2) is 14.8 Å². The smallest absolute Gasteiger partial charge is 0.240 e. The Labute approximate surface area is 93.2 Å². The molecule has 0 fully saturated rings. The molecule has 0 unspecified atom stereocenters. The number of rotatable bonds is 1. The van der Waals surface area contributed by atoms with E-state index in [1.54, 1.807) is 0 Å². The lowest BCUT2D eigenvalue weighted by molar-refractivity contribution is 0.710. The molecule has 0 aliphatic carbocycles. The first-order chi connectivity index (χ1) is 7.88. The second kappa shape index (κ2) is 4.77. The molecule has 2 aromatic rings. The maximum Gasteiger partial charge on any atom is 0.252 e. The molecule has 0 bridgehead atoms. The van der Waals surface area contributed by atoms with Crippen LogP contribution in [-0.2, 0) is 6.54 Å². The number of hydrogen-bond donors (Lipinski definition) is 0. The Morgan fingerprint density at radius 3 is 2.75 bits per heavy atom. The molecule has 0 aliphatic rings. The Bertz CT molecular complexity index is 566. The van der Waals surface area contributed by atoms with Gasteiger partial charge in [0, 0.05) is 5.56 Å². The normalized spacial score (nSPS) is 8.94. The van der Waals surface area contributed by atoms with E-state index in [0.717, 1.165) is 5.56 Å². The van der Waals surface area contributed by atoms with E-state index in [-0.39, 0.29) is 5.82 Å². The Kier molecular flexibility index (Phi) is 2.96. The van der Waals surface area contributed by atoms with E-state index in [0.29, 0.717) is 6.54 Å². The second-order valence-corrected chi connectivity index (χ2v) is 3.05. The minimum absolute atomic E-state index is 0.168. The lowest BCUT2D eigenvalue weighted by atomic mass is 10.2. The molecule has 16 heavy (non-hydrogen) atoms. The second-order valence-electron chi connectivity index (χ2n) is 3.05. The van der Waals surface area contributed by atoms with Gasteiger partial charge in [-0.15, -0.1) is 5.10 Å². The van der Waals surface area contributed by atoms with Gasteiger partial charge in [-0.1, -0.05) is 30.0 Å². The fraction of sp³-hybridized carbons (Fsp3) is 0.0833. The number of aromatic nitrogens is 3. The average molecular weight is 208 g/mol. The lowest BCUT2D eigenvalue weighted by Crippen LogP contribution is -1.96. The Morgan fingerprint density at radius 1 is 1.25 bits per heavy atom. The third-order valence-electron chi connectivity index (χ3n) is 1.88. The van der Waals surface area contributed by atoms with Crippen molar-refractivity contribution >= 4 is 0 Å². The van der Waals surface area contributed by atoms with Crippen molar-refractivity contribution in [3.05, 3.63) is 48.0 Å². The summed E-state index contributed by atoms with van der Waals surface area (Å²) >= 11 is 0. The number of nitrogens with zero attached hydrogens (tertiary/aromatic N) is 4. The van der Waals surface area contributed by atoms with Crippen LogP contribution < -0.4 is 0 Å². The van der Waals surface area contributed by atoms with Crippen LogP contribution in [0.1, 0.15) is 11.4 Å². The van der Waals surface area contributed by atoms with Gasteiger partial charge in [-0.25, -0.2) is 9.67 Å². The Hall–Kier alpha value is -2.59. The number of benzene rings is 1. The van der Waals surface area contributed by atoms with Crippen molar-refractivity contribution in [2.75, 3.05) is 0 Å². The molecule has 0 N–H and O–H groups in total. The minimum atomic E-state index is 0.168. The molecule has 0 atom stereocenters. The summed E-state index contributed by atoms with van der Waals surface area (Å²) in [7, 11) is 0. The van der Waals surface area contributed by atoms with Crippen LogP contribution in [0.15, 0.2) is 36.7 Å². The van der Waals surface area contributed by atoms with E-state index in [2.05, 4.69) is 21.9 Å². The third kappa shape index (κ3) is 2.46. The van der Waals surface area contributed by atoms with Gasteiger partial charge in [-0.3, -0.25) is 0 Å². The van der Waals surface area contributed by atoms with Gasteiger partial charge >= 0.3 is 0 Å². The maximum atomic E-state index is 8.53. The molecule has 0 saturated heterocycles. The first kappa shape index (κ1) is 9.95. The van der Waals surface area contributed by atoms with Gasteiger partial charge in [0.25, 0.3) is 5.82 Å². The number of nitriles is 1. The zero-order valence-electron chi connectivity index (χ0n) is 8.46. The van der Waals surface area contributed by atoms with Gasteiger partial charge < -0.3 is 0 Å². The van der Waals surface area contributed by atoms with Crippen molar-refractivity contribution in [3.8, 4) is 17.9 Å². The molecule has 0 spiro atoms. The summed E-state index contributed by atoms with van der Waals surface area (Å²) < 4.78 is 1.54. The van der Waals surface area contributed by atoms with E-state index in [1.807, 2.05) is 36.4 Å². The average Bonchev–Trinajstić information content (AvgIpc) is 2.78. The number of hydrogen-bond acceptors (Lipinski definition) is 3. The molecule has 1 aromatic heterocycles. The zero-order valence-corrected chi connectivity index (χ0v) is 8.46. The molecular weight excluding hydrogens is 200 g/mol. The molecule has 4 heteroatoms. The van der Waals surface area contributed by atoms with Crippen molar-refractivity contribution in [2.45, 2.75) is 6.54 Å². The Morgan fingerprint density at radius 2 is 2.06 bits per heavy atom. The standard InChI is InChI=1S/C12H8N4/c13-9-12-14-10-16(15-12)8-4-7-11-5-2-1-3-6-11/h1-3,5-6,10H,8H2. The van der Waals surface area contributed by atoms with Gasteiger partial charge in [-0.2, -0.15) is 5.26 Å². The van der Waals surface area contributed by atoms with Crippen LogP contribution in [0.25, 0.3) is 0 Å². The van der Waals surface area contributed by atoms with Gasteiger partial charge in [0.05, 0.1) is 0 Å². The summed E-state index contributed by atoms with van der Waals surface area (Å²) in [5.74, 6) is 6.12. The van der Waals surface area contributed by atoms with Crippen molar-refractivity contribution < 1.29 is 0 Å². The van der Waals surface area contributed by atoms with Gasteiger partial charge in [0.2, 0.25) is 0 Å². The highest BCUT2D eigenvalue weighted by molar-refractivity contribution is 5.33. The highest BCUT2D eigenvalue weighted by Gasteiger charge is 1.95.